The van der Waals surface area contributed by atoms with Crippen LogP contribution in [0, 0.1) is 12.7 Å². The summed E-state index contributed by atoms with van der Waals surface area (Å²) < 4.78 is 14.0. The third-order valence-corrected chi connectivity index (χ3v) is 3.99. The summed E-state index contributed by atoms with van der Waals surface area (Å²) in [5.41, 5.74) is 2.34. The lowest BCUT2D eigenvalue weighted by Crippen LogP contribution is -2.21. The highest BCUT2D eigenvalue weighted by Gasteiger charge is 2.05. The zero-order valence-electron chi connectivity index (χ0n) is 11.2. The average Bonchev–Trinajstić information content (AvgIpc) is 2.44. The fourth-order valence-corrected chi connectivity index (χ4v) is 2.14. The number of anilines is 2. The number of amides is 1. The molecule has 0 heterocycles. The quantitative estimate of drug-likeness (QED) is 0.824. The van der Waals surface area contributed by atoms with Crippen molar-refractivity contribution in [3.05, 3.63) is 57.3 Å². The molecule has 0 bridgehead atoms. The predicted molar refractivity (Wildman–Crippen MR) is 87.4 cm³/mol. The highest BCUT2D eigenvalue weighted by atomic mass is 79.9. The number of halogens is 3. The van der Waals surface area contributed by atoms with Crippen molar-refractivity contribution >= 4 is 44.8 Å². The van der Waals surface area contributed by atoms with Gasteiger partial charge >= 0.3 is 0 Å². The van der Waals surface area contributed by atoms with Crippen LogP contribution in [0.1, 0.15) is 5.56 Å². The molecule has 0 aromatic heterocycles. The Hall–Kier alpha value is -1.59. The van der Waals surface area contributed by atoms with E-state index in [9.17, 15) is 9.18 Å². The maximum absolute atomic E-state index is 13.0. The monoisotopic (exact) mass is 370 g/mol. The zero-order chi connectivity index (χ0) is 15.4. The van der Waals surface area contributed by atoms with Crippen molar-refractivity contribution in [1.29, 1.82) is 0 Å². The van der Waals surface area contributed by atoms with Crippen molar-refractivity contribution in [2.75, 3.05) is 17.2 Å². The average molecular weight is 372 g/mol. The van der Waals surface area contributed by atoms with Gasteiger partial charge in [0, 0.05) is 15.8 Å². The standard InChI is InChI=1S/C15H13BrClFN2O/c1-9-6-11(2-4-12(9)16)20-15(21)8-19-10-3-5-14(18)13(17)7-10/h2-7,19H,8H2,1H3,(H,20,21). The van der Waals surface area contributed by atoms with E-state index in [0.717, 1.165) is 15.7 Å². The Balaban J connectivity index is 1.92. The van der Waals surface area contributed by atoms with Crippen molar-refractivity contribution in [2.24, 2.45) is 0 Å². The van der Waals surface area contributed by atoms with E-state index in [1.54, 1.807) is 0 Å². The number of carbonyl (C=O) groups is 1. The smallest absolute Gasteiger partial charge is 0.243 e. The number of hydrogen-bond acceptors (Lipinski definition) is 2. The van der Waals surface area contributed by atoms with E-state index in [2.05, 4.69) is 26.6 Å². The van der Waals surface area contributed by atoms with Gasteiger partial charge in [-0.15, -0.1) is 0 Å². The number of carbonyl (C=O) groups excluding carboxylic acids is 1. The molecular weight excluding hydrogens is 359 g/mol. The highest BCUT2D eigenvalue weighted by Crippen LogP contribution is 2.21. The Morgan fingerprint density at radius 2 is 1.95 bits per heavy atom. The number of rotatable bonds is 4. The normalized spacial score (nSPS) is 10.3. The van der Waals surface area contributed by atoms with Crippen LogP contribution in [0.3, 0.4) is 0 Å². The minimum absolute atomic E-state index is 0.0175. The molecule has 2 aromatic carbocycles. The van der Waals surface area contributed by atoms with Crippen molar-refractivity contribution in [3.63, 3.8) is 0 Å². The summed E-state index contributed by atoms with van der Waals surface area (Å²) >= 11 is 9.07. The second-order valence-electron chi connectivity index (χ2n) is 4.49. The van der Waals surface area contributed by atoms with Crippen LogP contribution in [0.5, 0.6) is 0 Å². The summed E-state index contributed by atoms with van der Waals surface area (Å²) in [6.07, 6.45) is 0. The Kier molecular flexibility index (Phi) is 5.20. The fraction of sp³-hybridized carbons (Fsp3) is 0.133. The first-order valence-electron chi connectivity index (χ1n) is 6.20. The number of nitrogens with one attached hydrogen (secondary N) is 2. The van der Waals surface area contributed by atoms with Crippen molar-refractivity contribution in [2.45, 2.75) is 6.92 Å². The van der Waals surface area contributed by atoms with Gasteiger partial charge in [-0.25, -0.2) is 4.39 Å². The van der Waals surface area contributed by atoms with Crippen LogP contribution in [0.15, 0.2) is 40.9 Å². The maximum atomic E-state index is 13.0. The van der Waals surface area contributed by atoms with E-state index >= 15 is 0 Å². The molecule has 0 saturated heterocycles. The molecule has 0 aliphatic heterocycles. The molecule has 0 saturated carbocycles. The van der Waals surface area contributed by atoms with Gasteiger partial charge in [-0.3, -0.25) is 4.79 Å². The molecular formula is C15H13BrClFN2O. The molecule has 3 nitrogen and oxygen atoms in total. The van der Waals surface area contributed by atoms with Gasteiger partial charge in [0.05, 0.1) is 11.6 Å². The largest absolute Gasteiger partial charge is 0.376 e. The molecule has 0 spiro atoms. The van der Waals surface area contributed by atoms with Crippen molar-refractivity contribution in [1.82, 2.24) is 0 Å². The first-order valence-corrected chi connectivity index (χ1v) is 7.38. The molecule has 21 heavy (non-hydrogen) atoms. The van der Waals surface area contributed by atoms with Crippen LogP contribution in [-0.4, -0.2) is 12.5 Å². The van der Waals surface area contributed by atoms with Crippen LogP contribution < -0.4 is 10.6 Å². The minimum atomic E-state index is -0.489. The van der Waals surface area contributed by atoms with Gasteiger partial charge in [0.2, 0.25) is 5.91 Å². The van der Waals surface area contributed by atoms with E-state index in [4.69, 9.17) is 11.6 Å². The van der Waals surface area contributed by atoms with Crippen molar-refractivity contribution < 1.29 is 9.18 Å². The molecule has 6 heteroatoms. The molecule has 1 amide bonds. The minimum Gasteiger partial charge on any atom is -0.376 e. The second-order valence-corrected chi connectivity index (χ2v) is 5.76. The first-order chi connectivity index (χ1) is 9.95. The summed E-state index contributed by atoms with van der Waals surface area (Å²) in [6.45, 7) is 2.01. The lowest BCUT2D eigenvalue weighted by molar-refractivity contribution is -0.114. The Morgan fingerprint density at radius 1 is 1.24 bits per heavy atom. The van der Waals surface area contributed by atoms with E-state index in [1.165, 1.54) is 18.2 Å². The predicted octanol–water partition coefficient (Wildman–Crippen LogP) is 4.60. The molecule has 0 aliphatic carbocycles. The number of aryl methyl sites for hydroxylation is 1. The molecule has 110 valence electrons. The van der Waals surface area contributed by atoms with E-state index < -0.39 is 5.82 Å². The fourth-order valence-electron chi connectivity index (χ4n) is 1.72. The first kappa shape index (κ1) is 15.8. The lowest BCUT2D eigenvalue weighted by Gasteiger charge is -2.09. The van der Waals surface area contributed by atoms with Gasteiger partial charge in [-0.1, -0.05) is 27.5 Å². The lowest BCUT2D eigenvalue weighted by atomic mass is 10.2. The summed E-state index contributed by atoms with van der Waals surface area (Å²) in [5.74, 6) is -0.686. The summed E-state index contributed by atoms with van der Waals surface area (Å²) in [4.78, 5) is 11.8. The number of hydrogen-bond donors (Lipinski definition) is 2. The molecule has 0 aliphatic rings. The Morgan fingerprint density at radius 3 is 2.62 bits per heavy atom. The van der Waals surface area contributed by atoms with Crippen LogP contribution in [0.2, 0.25) is 5.02 Å². The van der Waals surface area contributed by atoms with Crippen LogP contribution in [-0.2, 0) is 4.79 Å². The summed E-state index contributed by atoms with van der Waals surface area (Å²) in [7, 11) is 0. The molecule has 2 rings (SSSR count). The van der Waals surface area contributed by atoms with Crippen LogP contribution in [0.4, 0.5) is 15.8 Å². The van der Waals surface area contributed by atoms with Gasteiger partial charge in [0.15, 0.2) is 0 Å². The van der Waals surface area contributed by atoms with E-state index in [-0.39, 0.29) is 17.5 Å². The molecule has 2 aromatic rings. The highest BCUT2D eigenvalue weighted by molar-refractivity contribution is 9.10. The number of benzene rings is 2. The van der Waals surface area contributed by atoms with E-state index in [1.807, 2.05) is 25.1 Å². The van der Waals surface area contributed by atoms with Gasteiger partial charge in [0.1, 0.15) is 5.82 Å². The topological polar surface area (TPSA) is 41.1 Å². The second kappa shape index (κ2) is 6.91. The third kappa shape index (κ3) is 4.44. The summed E-state index contributed by atoms with van der Waals surface area (Å²) in [5, 5.41) is 5.68. The molecule has 0 unspecified atom stereocenters. The van der Waals surface area contributed by atoms with Gasteiger partial charge in [-0.2, -0.15) is 0 Å². The molecule has 2 N–H and O–H groups in total. The van der Waals surface area contributed by atoms with Gasteiger partial charge in [-0.05, 0) is 48.9 Å². The van der Waals surface area contributed by atoms with Gasteiger partial charge in [0.25, 0.3) is 0 Å². The molecule has 0 atom stereocenters. The van der Waals surface area contributed by atoms with Crippen LogP contribution >= 0.6 is 27.5 Å². The van der Waals surface area contributed by atoms with Crippen LogP contribution in [0.25, 0.3) is 0 Å². The SMILES string of the molecule is Cc1cc(NC(=O)CNc2ccc(F)c(Cl)c2)ccc1Br. The molecule has 0 radical (unpaired) electrons. The summed E-state index contributed by atoms with van der Waals surface area (Å²) in [6, 6.07) is 9.77. The molecule has 0 fully saturated rings. The third-order valence-electron chi connectivity index (χ3n) is 2.81. The Labute approximate surface area is 135 Å². The van der Waals surface area contributed by atoms with Crippen molar-refractivity contribution in [3.8, 4) is 0 Å². The Bertz CT molecular complexity index is 679. The van der Waals surface area contributed by atoms with E-state index in [0.29, 0.717) is 5.69 Å². The maximum Gasteiger partial charge on any atom is 0.243 e. The zero-order valence-corrected chi connectivity index (χ0v) is 13.6. The van der Waals surface area contributed by atoms with Gasteiger partial charge < -0.3 is 10.6 Å².